The highest BCUT2D eigenvalue weighted by atomic mass is 79.9. The maximum absolute atomic E-state index is 12.3. The number of halogens is 1. The molecule has 0 atom stereocenters. The van der Waals surface area contributed by atoms with E-state index in [9.17, 15) is 4.79 Å². The van der Waals surface area contributed by atoms with Crippen molar-refractivity contribution >= 4 is 33.2 Å². The molecule has 2 heterocycles. The Hall–Kier alpha value is -2.05. The standard InChI is InChI=1S/C18H16BrN3OS/c1-12-16(18(23)20-8-7-15-10-24-11-21-15)5-6-17(22-12)13-3-2-4-14(19)9-13/h2-6,9-11H,7-8H2,1H3,(H,20,23). The van der Waals surface area contributed by atoms with E-state index in [2.05, 4.69) is 31.2 Å². The molecule has 4 nitrogen and oxygen atoms in total. The van der Waals surface area contributed by atoms with E-state index in [4.69, 9.17) is 0 Å². The van der Waals surface area contributed by atoms with Crippen molar-refractivity contribution in [3.63, 3.8) is 0 Å². The monoisotopic (exact) mass is 401 g/mol. The molecule has 0 fully saturated rings. The zero-order chi connectivity index (χ0) is 16.9. The Bertz CT molecular complexity index is 849. The van der Waals surface area contributed by atoms with Crippen molar-refractivity contribution in [2.75, 3.05) is 6.54 Å². The number of aromatic nitrogens is 2. The molecule has 3 aromatic rings. The molecule has 0 saturated carbocycles. The van der Waals surface area contributed by atoms with Crippen LogP contribution in [0.1, 0.15) is 21.7 Å². The van der Waals surface area contributed by atoms with Gasteiger partial charge in [-0.1, -0.05) is 28.1 Å². The minimum atomic E-state index is -0.101. The van der Waals surface area contributed by atoms with E-state index in [0.717, 1.165) is 33.5 Å². The Kier molecular flexibility index (Phi) is 5.37. The number of thiazole rings is 1. The van der Waals surface area contributed by atoms with Gasteiger partial charge in [-0.05, 0) is 31.2 Å². The first kappa shape index (κ1) is 16.8. The lowest BCUT2D eigenvalue weighted by Gasteiger charge is -2.09. The molecule has 0 spiro atoms. The third-order valence-electron chi connectivity index (χ3n) is 3.60. The second-order valence-electron chi connectivity index (χ2n) is 5.33. The fourth-order valence-corrected chi connectivity index (χ4v) is 3.36. The summed E-state index contributed by atoms with van der Waals surface area (Å²) in [7, 11) is 0. The molecule has 24 heavy (non-hydrogen) atoms. The highest BCUT2D eigenvalue weighted by Crippen LogP contribution is 2.22. The summed E-state index contributed by atoms with van der Waals surface area (Å²) in [6.07, 6.45) is 0.734. The molecule has 1 amide bonds. The third-order valence-corrected chi connectivity index (χ3v) is 4.73. The number of carbonyl (C=O) groups excluding carboxylic acids is 1. The van der Waals surface area contributed by atoms with E-state index < -0.39 is 0 Å². The zero-order valence-electron chi connectivity index (χ0n) is 13.1. The topological polar surface area (TPSA) is 54.9 Å². The summed E-state index contributed by atoms with van der Waals surface area (Å²) in [6, 6.07) is 11.7. The maximum atomic E-state index is 12.3. The van der Waals surface area contributed by atoms with Crippen LogP contribution < -0.4 is 5.32 Å². The van der Waals surface area contributed by atoms with E-state index in [1.807, 2.05) is 48.7 Å². The summed E-state index contributed by atoms with van der Waals surface area (Å²) in [5.41, 5.74) is 5.99. The molecule has 1 aromatic carbocycles. The fraction of sp³-hybridized carbons (Fsp3) is 0.167. The molecule has 6 heteroatoms. The Morgan fingerprint density at radius 3 is 2.88 bits per heavy atom. The SMILES string of the molecule is Cc1nc(-c2cccc(Br)c2)ccc1C(=O)NCCc1cscn1. The molecule has 2 aromatic heterocycles. The van der Waals surface area contributed by atoms with Crippen LogP contribution in [0.15, 0.2) is 51.8 Å². The van der Waals surface area contributed by atoms with Gasteiger partial charge in [0.05, 0.1) is 28.2 Å². The quantitative estimate of drug-likeness (QED) is 0.694. The summed E-state index contributed by atoms with van der Waals surface area (Å²) in [6.45, 7) is 2.42. The van der Waals surface area contributed by atoms with Crippen molar-refractivity contribution in [2.24, 2.45) is 0 Å². The van der Waals surface area contributed by atoms with Crippen LogP contribution >= 0.6 is 27.3 Å². The van der Waals surface area contributed by atoms with E-state index >= 15 is 0 Å². The van der Waals surface area contributed by atoms with E-state index in [0.29, 0.717) is 12.1 Å². The van der Waals surface area contributed by atoms with Gasteiger partial charge in [0.1, 0.15) is 0 Å². The molecule has 0 saturated heterocycles. The van der Waals surface area contributed by atoms with E-state index in [-0.39, 0.29) is 5.91 Å². The number of hydrogen-bond acceptors (Lipinski definition) is 4. The van der Waals surface area contributed by atoms with Gasteiger partial charge in [-0.15, -0.1) is 11.3 Å². The van der Waals surface area contributed by atoms with Crippen LogP contribution in [0.2, 0.25) is 0 Å². The lowest BCUT2D eigenvalue weighted by atomic mass is 10.1. The molecule has 3 rings (SSSR count). The molecule has 0 bridgehead atoms. The van der Waals surface area contributed by atoms with Crippen molar-refractivity contribution in [2.45, 2.75) is 13.3 Å². The number of aryl methyl sites for hydroxylation is 1. The van der Waals surface area contributed by atoms with Crippen molar-refractivity contribution < 1.29 is 4.79 Å². The molecule has 0 radical (unpaired) electrons. The average Bonchev–Trinajstić information content (AvgIpc) is 3.08. The summed E-state index contributed by atoms with van der Waals surface area (Å²) >= 11 is 5.02. The molecule has 122 valence electrons. The number of nitrogens with zero attached hydrogens (tertiary/aromatic N) is 2. The normalized spacial score (nSPS) is 10.6. The summed E-state index contributed by atoms with van der Waals surface area (Å²) in [5, 5.41) is 4.92. The van der Waals surface area contributed by atoms with Gasteiger partial charge < -0.3 is 5.32 Å². The van der Waals surface area contributed by atoms with Gasteiger partial charge in [0.2, 0.25) is 0 Å². The highest BCUT2D eigenvalue weighted by Gasteiger charge is 2.11. The largest absolute Gasteiger partial charge is 0.352 e. The predicted molar refractivity (Wildman–Crippen MR) is 100 cm³/mol. The molecule has 0 unspecified atom stereocenters. The lowest BCUT2D eigenvalue weighted by molar-refractivity contribution is 0.0953. The Morgan fingerprint density at radius 2 is 2.17 bits per heavy atom. The number of amides is 1. The molecular formula is C18H16BrN3OS. The van der Waals surface area contributed by atoms with Crippen LogP contribution in [0.25, 0.3) is 11.3 Å². The number of rotatable bonds is 5. The zero-order valence-corrected chi connectivity index (χ0v) is 15.5. The molecule has 1 N–H and O–H groups in total. The second kappa shape index (κ2) is 7.68. The summed E-state index contributed by atoms with van der Waals surface area (Å²) in [4.78, 5) is 21.1. The van der Waals surface area contributed by atoms with Crippen LogP contribution in [0.4, 0.5) is 0 Å². The number of pyridine rings is 1. The Morgan fingerprint density at radius 1 is 1.29 bits per heavy atom. The fourth-order valence-electron chi connectivity index (χ4n) is 2.37. The van der Waals surface area contributed by atoms with Gasteiger partial charge in [0.15, 0.2) is 0 Å². The van der Waals surface area contributed by atoms with Crippen LogP contribution in [0.5, 0.6) is 0 Å². The van der Waals surface area contributed by atoms with Crippen LogP contribution in [-0.4, -0.2) is 22.4 Å². The molecular weight excluding hydrogens is 386 g/mol. The minimum Gasteiger partial charge on any atom is -0.352 e. The predicted octanol–water partition coefficient (Wildman–Crippen LogP) is 4.25. The third kappa shape index (κ3) is 4.07. The van der Waals surface area contributed by atoms with Gasteiger partial charge in [-0.2, -0.15) is 0 Å². The van der Waals surface area contributed by atoms with Gasteiger partial charge in [0, 0.05) is 28.4 Å². The smallest absolute Gasteiger partial charge is 0.253 e. The van der Waals surface area contributed by atoms with Gasteiger partial charge >= 0.3 is 0 Å². The maximum Gasteiger partial charge on any atom is 0.253 e. The first-order valence-electron chi connectivity index (χ1n) is 7.52. The average molecular weight is 402 g/mol. The Labute approximate surface area is 153 Å². The first-order chi connectivity index (χ1) is 11.6. The minimum absolute atomic E-state index is 0.101. The van der Waals surface area contributed by atoms with E-state index in [1.54, 1.807) is 16.8 Å². The highest BCUT2D eigenvalue weighted by molar-refractivity contribution is 9.10. The molecule has 0 aliphatic heterocycles. The number of nitrogens with one attached hydrogen (secondary N) is 1. The van der Waals surface area contributed by atoms with Gasteiger partial charge in [0.25, 0.3) is 5.91 Å². The molecule has 0 aliphatic carbocycles. The van der Waals surface area contributed by atoms with Crippen molar-refractivity contribution in [1.29, 1.82) is 0 Å². The van der Waals surface area contributed by atoms with Crippen molar-refractivity contribution in [3.8, 4) is 11.3 Å². The summed E-state index contributed by atoms with van der Waals surface area (Å²) in [5.74, 6) is -0.101. The van der Waals surface area contributed by atoms with Gasteiger partial charge in [-0.3, -0.25) is 9.78 Å². The van der Waals surface area contributed by atoms with Crippen molar-refractivity contribution in [1.82, 2.24) is 15.3 Å². The lowest BCUT2D eigenvalue weighted by Crippen LogP contribution is -2.26. The van der Waals surface area contributed by atoms with Gasteiger partial charge in [-0.25, -0.2) is 4.98 Å². The first-order valence-corrected chi connectivity index (χ1v) is 9.26. The van der Waals surface area contributed by atoms with Crippen LogP contribution in [0, 0.1) is 6.92 Å². The molecule has 0 aliphatic rings. The number of hydrogen-bond donors (Lipinski definition) is 1. The van der Waals surface area contributed by atoms with Crippen LogP contribution in [0.3, 0.4) is 0 Å². The number of carbonyl (C=O) groups is 1. The van der Waals surface area contributed by atoms with E-state index in [1.165, 1.54) is 0 Å². The van der Waals surface area contributed by atoms with Crippen molar-refractivity contribution in [3.05, 3.63) is 68.7 Å². The van der Waals surface area contributed by atoms with Crippen LogP contribution in [-0.2, 0) is 6.42 Å². The summed E-state index contributed by atoms with van der Waals surface area (Å²) < 4.78 is 1.00. The Balaban J connectivity index is 1.69. The number of benzene rings is 1. The second-order valence-corrected chi connectivity index (χ2v) is 6.96.